The number of rotatable bonds is 6. The van der Waals surface area contributed by atoms with Gasteiger partial charge in [0.1, 0.15) is 0 Å². The fraction of sp³-hybridized carbons (Fsp3) is 0.538. The Bertz CT molecular complexity index is 414. The summed E-state index contributed by atoms with van der Waals surface area (Å²) in [5.74, 6) is -0.349. The molecule has 0 aromatic carbocycles. The van der Waals surface area contributed by atoms with Gasteiger partial charge in [-0.1, -0.05) is 13.8 Å². The van der Waals surface area contributed by atoms with E-state index >= 15 is 0 Å². The highest BCUT2D eigenvalue weighted by Gasteiger charge is 2.20. The van der Waals surface area contributed by atoms with Crippen molar-refractivity contribution in [2.45, 2.75) is 19.9 Å². The highest BCUT2D eigenvalue weighted by molar-refractivity contribution is 5.94. The second-order valence-corrected chi connectivity index (χ2v) is 4.74. The molecule has 1 atom stereocenters. The van der Waals surface area contributed by atoms with E-state index in [4.69, 9.17) is 9.52 Å². The van der Waals surface area contributed by atoms with Gasteiger partial charge in [0.25, 0.3) is 5.91 Å². The molecule has 1 heterocycles. The normalized spacial score (nSPS) is 12.3. The average molecular weight is 268 g/mol. The molecule has 0 fully saturated rings. The first-order valence-corrected chi connectivity index (χ1v) is 6.15. The summed E-state index contributed by atoms with van der Waals surface area (Å²) in [6.07, 6.45) is 1.40. The highest BCUT2D eigenvalue weighted by Crippen LogP contribution is 2.04. The summed E-state index contributed by atoms with van der Waals surface area (Å²) in [5, 5.41) is 11.8. The first-order valence-electron chi connectivity index (χ1n) is 6.15. The van der Waals surface area contributed by atoms with E-state index in [-0.39, 0.29) is 42.7 Å². The zero-order chi connectivity index (χ0) is 14.4. The van der Waals surface area contributed by atoms with Crippen LogP contribution in [-0.2, 0) is 4.79 Å². The summed E-state index contributed by atoms with van der Waals surface area (Å²) in [6, 6.07) is 2.85. The van der Waals surface area contributed by atoms with Gasteiger partial charge in [-0.15, -0.1) is 0 Å². The van der Waals surface area contributed by atoms with Gasteiger partial charge in [-0.05, 0) is 18.1 Å². The molecule has 6 nitrogen and oxygen atoms in total. The number of likely N-dealkylation sites (N-methyl/N-ethyl adjacent to an activating group) is 1. The summed E-state index contributed by atoms with van der Waals surface area (Å²) in [7, 11) is 1.52. The predicted octanol–water partition coefficient (Wildman–Crippen LogP) is 0.485. The number of hydrogen-bond donors (Lipinski definition) is 2. The van der Waals surface area contributed by atoms with Crippen molar-refractivity contribution in [1.82, 2.24) is 10.2 Å². The molecule has 1 aromatic heterocycles. The smallest absolute Gasteiger partial charge is 0.289 e. The standard InChI is InChI=1S/C13H20N2O4/c1-9(2)10(8-16)14-12(17)7-15(3)13(18)11-5-4-6-19-11/h4-6,9-10,16H,7-8H2,1-3H3,(H,14,17). The molecular formula is C13H20N2O4. The third kappa shape index (κ3) is 4.40. The molecule has 1 aromatic rings. The van der Waals surface area contributed by atoms with Crippen LogP contribution < -0.4 is 5.32 Å². The SMILES string of the molecule is CC(C)C(CO)NC(=O)CN(C)C(=O)c1ccco1. The van der Waals surface area contributed by atoms with Gasteiger partial charge in [0, 0.05) is 7.05 Å². The highest BCUT2D eigenvalue weighted by atomic mass is 16.3. The fourth-order valence-corrected chi connectivity index (χ4v) is 1.55. The molecule has 0 aliphatic heterocycles. The van der Waals surface area contributed by atoms with Crippen molar-refractivity contribution in [2.24, 2.45) is 5.92 Å². The van der Waals surface area contributed by atoms with Crippen LogP contribution in [0.25, 0.3) is 0 Å². The summed E-state index contributed by atoms with van der Waals surface area (Å²) in [5.41, 5.74) is 0. The van der Waals surface area contributed by atoms with E-state index in [2.05, 4.69) is 5.32 Å². The molecule has 2 N–H and O–H groups in total. The molecule has 1 unspecified atom stereocenters. The van der Waals surface area contributed by atoms with Crippen LogP contribution in [0, 0.1) is 5.92 Å². The Balaban J connectivity index is 2.50. The summed E-state index contributed by atoms with van der Waals surface area (Å²) < 4.78 is 4.98. The van der Waals surface area contributed by atoms with E-state index in [9.17, 15) is 9.59 Å². The lowest BCUT2D eigenvalue weighted by Crippen LogP contribution is -2.46. The number of carbonyl (C=O) groups is 2. The first-order chi connectivity index (χ1) is 8.95. The Morgan fingerprint density at radius 3 is 2.63 bits per heavy atom. The van der Waals surface area contributed by atoms with Gasteiger partial charge in [0.05, 0.1) is 25.5 Å². The van der Waals surface area contributed by atoms with Crippen molar-refractivity contribution < 1.29 is 19.1 Å². The first kappa shape index (κ1) is 15.2. The van der Waals surface area contributed by atoms with Crippen LogP contribution in [0.5, 0.6) is 0 Å². The van der Waals surface area contributed by atoms with Gasteiger partial charge in [-0.3, -0.25) is 9.59 Å². The predicted molar refractivity (Wildman–Crippen MR) is 69.5 cm³/mol. The molecule has 0 bridgehead atoms. The maximum atomic E-state index is 11.8. The third-order valence-electron chi connectivity index (χ3n) is 2.81. The summed E-state index contributed by atoms with van der Waals surface area (Å²) in [4.78, 5) is 24.9. The zero-order valence-corrected chi connectivity index (χ0v) is 11.4. The van der Waals surface area contributed by atoms with E-state index < -0.39 is 0 Å². The number of aliphatic hydroxyl groups is 1. The molecule has 106 valence electrons. The van der Waals surface area contributed by atoms with Crippen LogP contribution in [0.4, 0.5) is 0 Å². The third-order valence-corrected chi connectivity index (χ3v) is 2.81. The summed E-state index contributed by atoms with van der Waals surface area (Å²) in [6.45, 7) is 3.60. The number of amides is 2. The molecule has 19 heavy (non-hydrogen) atoms. The second-order valence-electron chi connectivity index (χ2n) is 4.74. The van der Waals surface area contributed by atoms with Crippen molar-refractivity contribution in [3.8, 4) is 0 Å². The molecule has 0 saturated carbocycles. The van der Waals surface area contributed by atoms with Crippen LogP contribution in [0.1, 0.15) is 24.4 Å². The number of furan rings is 1. The van der Waals surface area contributed by atoms with Gasteiger partial charge in [0.2, 0.25) is 5.91 Å². The minimum absolute atomic E-state index is 0.0806. The summed E-state index contributed by atoms with van der Waals surface area (Å²) >= 11 is 0. The molecular weight excluding hydrogens is 248 g/mol. The number of nitrogens with zero attached hydrogens (tertiary/aromatic N) is 1. The van der Waals surface area contributed by atoms with Crippen molar-refractivity contribution in [3.05, 3.63) is 24.2 Å². The van der Waals surface area contributed by atoms with Gasteiger partial charge in [0.15, 0.2) is 5.76 Å². The van der Waals surface area contributed by atoms with Crippen molar-refractivity contribution in [1.29, 1.82) is 0 Å². The van der Waals surface area contributed by atoms with Crippen LogP contribution in [0.2, 0.25) is 0 Å². The Kier molecular flexibility index (Phi) is 5.57. The zero-order valence-electron chi connectivity index (χ0n) is 11.4. The lowest BCUT2D eigenvalue weighted by molar-refractivity contribution is -0.122. The van der Waals surface area contributed by atoms with Crippen LogP contribution in [0.15, 0.2) is 22.8 Å². The molecule has 0 aliphatic carbocycles. The van der Waals surface area contributed by atoms with E-state index in [0.29, 0.717) is 0 Å². The Labute approximate surface area is 112 Å². The fourth-order valence-electron chi connectivity index (χ4n) is 1.55. The van der Waals surface area contributed by atoms with Crippen molar-refractivity contribution >= 4 is 11.8 Å². The maximum absolute atomic E-state index is 11.8. The minimum atomic E-state index is -0.356. The molecule has 0 saturated heterocycles. The molecule has 0 radical (unpaired) electrons. The van der Waals surface area contributed by atoms with Gasteiger partial charge >= 0.3 is 0 Å². The molecule has 1 rings (SSSR count). The quantitative estimate of drug-likeness (QED) is 0.786. The maximum Gasteiger partial charge on any atom is 0.289 e. The lowest BCUT2D eigenvalue weighted by Gasteiger charge is -2.22. The average Bonchev–Trinajstić information content (AvgIpc) is 2.88. The minimum Gasteiger partial charge on any atom is -0.459 e. The molecule has 0 aliphatic rings. The Hall–Kier alpha value is -1.82. The number of aliphatic hydroxyl groups excluding tert-OH is 1. The largest absolute Gasteiger partial charge is 0.459 e. The number of hydrogen-bond acceptors (Lipinski definition) is 4. The van der Waals surface area contributed by atoms with E-state index in [1.807, 2.05) is 13.8 Å². The number of nitrogens with one attached hydrogen (secondary N) is 1. The van der Waals surface area contributed by atoms with Crippen LogP contribution in [-0.4, -0.2) is 48.1 Å². The van der Waals surface area contributed by atoms with E-state index in [1.165, 1.54) is 18.2 Å². The molecule has 6 heteroatoms. The van der Waals surface area contributed by atoms with E-state index in [1.54, 1.807) is 12.1 Å². The second kappa shape index (κ2) is 6.94. The van der Waals surface area contributed by atoms with Gasteiger partial charge in [-0.2, -0.15) is 0 Å². The number of carbonyl (C=O) groups excluding carboxylic acids is 2. The van der Waals surface area contributed by atoms with Gasteiger partial charge in [-0.25, -0.2) is 0 Å². The van der Waals surface area contributed by atoms with Crippen LogP contribution >= 0.6 is 0 Å². The molecule has 2 amide bonds. The van der Waals surface area contributed by atoms with Crippen LogP contribution in [0.3, 0.4) is 0 Å². The topological polar surface area (TPSA) is 82.8 Å². The van der Waals surface area contributed by atoms with Gasteiger partial charge < -0.3 is 19.7 Å². The monoisotopic (exact) mass is 268 g/mol. The molecule has 0 spiro atoms. The van der Waals surface area contributed by atoms with E-state index in [0.717, 1.165) is 0 Å². The Morgan fingerprint density at radius 2 is 2.16 bits per heavy atom. The van der Waals surface area contributed by atoms with Crippen molar-refractivity contribution in [3.63, 3.8) is 0 Å². The van der Waals surface area contributed by atoms with Crippen molar-refractivity contribution in [2.75, 3.05) is 20.2 Å². The lowest BCUT2D eigenvalue weighted by atomic mass is 10.1. The Morgan fingerprint density at radius 1 is 1.47 bits per heavy atom.